The van der Waals surface area contributed by atoms with Gasteiger partial charge in [-0.3, -0.25) is 4.79 Å². The first-order valence-corrected chi connectivity index (χ1v) is 6.51. The Balaban J connectivity index is 1.92. The van der Waals surface area contributed by atoms with Gasteiger partial charge in [0.2, 0.25) is 0 Å². The summed E-state index contributed by atoms with van der Waals surface area (Å²) in [6, 6.07) is 9.20. The number of anilines is 1. The highest BCUT2D eigenvalue weighted by atomic mass is 16.1. The van der Waals surface area contributed by atoms with Gasteiger partial charge in [0.25, 0.3) is 5.91 Å². The number of hydrogen-bond acceptors (Lipinski definition) is 3. The maximum absolute atomic E-state index is 12.3. The molecule has 0 atom stereocenters. The quantitative estimate of drug-likeness (QED) is 0.884. The van der Waals surface area contributed by atoms with Crippen LogP contribution in [0.15, 0.2) is 30.3 Å². The number of nitrogens with zero attached hydrogens (tertiary/aromatic N) is 1. The summed E-state index contributed by atoms with van der Waals surface area (Å²) < 4.78 is 0. The summed E-state index contributed by atoms with van der Waals surface area (Å²) in [4.78, 5) is 16.5. The first-order valence-electron chi connectivity index (χ1n) is 6.51. The van der Waals surface area contributed by atoms with E-state index in [2.05, 4.69) is 17.2 Å². The molecule has 1 aromatic carbocycles. The topological polar surface area (TPSA) is 68.0 Å². The molecule has 0 saturated heterocycles. The van der Waals surface area contributed by atoms with Crippen molar-refractivity contribution in [3.8, 4) is 0 Å². The first-order chi connectivity index (χ1) is 9.07. The van der Waals surface area contributed by atoms with Crippen molar-refractivity contribution in [3.63, 3.8) is 0 Å². The average Bonchev–Trinajstić information content (AvgIpc) is 3.13. The van der Waals surface area contributed by atoms with E-state index in [0.717, 1.165) is 17.4 Å². The molecule has 0 radical (unpaired) electrons. The second kappa shape index (κ2) is 4.23. The molecule has 2 aromatic rings. The first kappa shape index (κ1) is 12.0. The van der Waals surface area contributed by atoms with Gasteiger partial charge in [-0.2, -0.15) is 0 Å². The number of rotatable bonds is 3. The minimum absolute atomic E-state index is 0.0709. The van der Waals surface area contributed by atoms with Crippen molar-refractivity contribution in [1.82, 2.24) is 10.3 Å². The summed E-state index contributed by atoms with van der Waals surface area (Å²) in [6.07, 6.45) is 2.37. The number of pyridine rings is 1. The smallest absolute Gasteiger partial charge is 0.252 e. The number of aromatic nitrogens is 1. The van der Waals surface area contributed by atoms with Crippen molar-refractivity contribution in [2.45, 2.75) is 19.8 Å². The lowest BCUT2D eigenvalue weighted by Crippen LogP contribution is -2.29. The normalized spacial score (nSPS) is 16.3. The predicted molar refractivity (Wildman–Crippen MR) is 75.8 cm³/mol. The third-order valence-electron chi connectivity index (χ3n) is 3.76. The minimum Gasteiger partial charge on any atom is -0.384 e. The third kappa shape index (κ3) is 2.38. The molecule has 3 N–H and O–H groups in total. The highest BCUT2D eigenvalue weighted by Crippen LogP contribution is 2.44. The highest BCUT2D eigenvalue weighted by Gasteiger charge is 2.37. The molecule has 1 aliphatic rings. The van der Waals surface area contributed by atoms with Crippen molar-refractivity contribution >= 4 is 22.6 Å². The van der Waals surface area contributed by atoms with Crippen LogP contribution in [-0.2, 0) is 0 Å². The van der Waals surface area contributed by atoms with E-state index in [1.165, 1.54) is 12.8 Å². The molecule has 1 saturated carbocycles. The third-order valence-corrected chi connectivity index (χ3v) is 3.76. The van der Waals surface area contributed by atoms with Gasteiger partial charge in [0.05, 0.1) is 11.1 Å². The van der Waals surface area contributed by atoms with Gasteiger partial charge >= 0.3 is 0 Å². The van der Waals surface area contributed by atoms with Gasteiger partial charge in [0, 0.05) is 11.9 Å². The molecular formula is C15H17N3O. The van der Waals surface area contributed by atoms with Crippen LogP contribution in [0, 0.1) is 5.41 Å². The number of amides is 1. The standard InChI is InChI=1S/C15H17N3O/c1-15(6-7-15)9-17-14(19)11-8-13(16)18-12-5-3-2-4-10(11)12/h2-5,8H,6-7,9H2,1H3,(H2,16,18)(H,17,19). The number of para-hydroxylation sites is 1. The molecule has 3 rings (SSSR count). The van der Waals surface area contributed by atoms with Crippen LogP contribution in [0.1, 0.15) is 30.1 Å². The summed E-state index contributed by atoms with van der Waals surface area (Å²) in [6.45, 7) is 2.91. The molecule has 1 fully saturated rings. The highest BCUT2D eigenvalue weighted by molar-refractivity contribution is 6.06. The summed E-state index contributed by atoms with van der Waals surface area (Å²) in [5.74, 6) is 0.305. The Morgan fingerprint density at radius 3 is 2.89 bits per heavy atom. The molecule has 1 amide bonds. The average molecular weight is 255 g/mol. The molecule has 0 unspecified atom stereocenters. The van der Waals surface area contributed by atoms with E-state index in [0.29, 0.717) is 16.8 Å². The molecule has 1 heterocycles. The Kier molecular flexibility index (Phi) is 2.66. The van der Waals surface area contributed by atoms with E-state index in [1.807, 2.05) is 24.3 Å². The predicted octanol–water partition coefficient (Wildman–Crippen LogP) is 2.35. The molecule has 1 aromatic heterocycles. The van der Waals surface area contributed by atoms with Gasteiger partial charge in [-0.05, 0) is 30.4 Å². The van der Waals surface area contributed by atoms with Gasteiger partial charge in [-0.15, -0.1) is 0 Å². The van der Waals surface area contributed by atoms with Crippen LogP contribution in [0.3, 0.4) is 0 Å². The van der Waals surface area contributed by atoms with Crippen molar-refractivity contribution < 1.29 is 4.79 Å². The van der Waals surface area contributed by atoms with Crippen LogP contribution in [0.25, 0.3) is 10.9 Å². The van der Waals surface area contributed by atoms with Crippen molar-refractivity contribution in [2.75, 3.05) is 12.3 Å². The molecule has 19 heavy (non-hydrogen) atoms. The Labute approximate surface area is 112 Å². The van der Waals surface area contributed by atoms with Crippen molar-refractivity contribution in [3.05, 3.63) is 35.9 Å². The molecule has 98 valence electrons. The summed E-state index contributed by atoms with van der Waals surface area (Å²) in [5, 5.41) is 3.84. The second-order valence-electron chi connectivity index (χ2n) is 5.61. The number of nitrogen functional groups attached to an aromatic ring is 1. The van der Waals surface area contributed by atoms with Crippen LogP contribution in [0.4, 0.5) is 5.82 Å². The van der Waals surface area contributed by atoms with Crippen molar-refractivity contribution in [1.29, 1.82) is 0 Å². The van der Waals surface area contributed by atoms with Crippen LogP contribution in [0.2, 0.25) is 0 Å². The monoisotopic (exact) mass is 255 g/mol. The molecule has 1 aliphatic carbocycles. The second-order valence-corrected chi connectivity index (χ2v) is 5.61. The largest absolute Gasteiger partial charge is 0.384 e. The zero-order chi connectivity index (χ0) is 13.5. The van der Waals surface area contributed by atoms with E-state index >= 15 is 0 Å². The van der Waals surface area contributed by atoms with Crippen LogP contribution in [0.5, 0.6) is 0 Å². The molecule has 0 spiro atoms. The molecular weight excluding hydrogens is 238 g/mol. The van der Waals surface area contributed by atoms with Gasteiger partial charge in [0.1, 0.15) is 5.82 Å². The number of hydrogen-bond donors (Lipinski definition) is 2. The molecule has 0 aliphatic heterocycles. The Hall–Kier alpha value is -2.10. The van der Waals surface area contributed by atoms with Crippen LogP contribution < -0.4 is 11.1 Å². The fourth-order valence-corrected chi connectivity index (χ4v) is 2.16. The van der Waals surface area contributed by atoms with E-state index in [9.17, 15) is 4.79 Å². The number of carbonyl (C=O) groups is 1. The maximum Gasteiger partial charge on any atom is 0.252 e. The number of nitrogens with two attached hydrogens (primary N) is 1. The number of nitrogens with one attached hydrogen (secondary N) is 1. The fourth-order valence-electron chi connectivity index (χ4n) is 2.16. The lowest BCUT2D eigenvalue weighted by Gasteiger charge is -2.12. The molecule has 4 nitrogen and oxygen atoms in total. The van der Waals surface area contributed by atoms with E-state index < -0.39 is 0 Å². The Bertz CT molecular complexity index is 647. The zero-order valence-electron chi connectivity index (χ0n) is 10.9. The Morgan fingerprint density at radius 2 is 2.16 bits per heavy atom. The number of benzene rings is 1. The van der Waals surface area contributed by atoms with Gasteiger partial charge in [0.15, 0.2) is 0 Å². The summed E-state index contributed by atoms with van der Waals surface area (Å²) >= 11 is 0. The van der Waals surface area contributed by atoms with Gasteiger partial charge in [-0.25, -0.2) is 4.98 Å². The van der Waals surface area contributed by atoms with E-state index in [1.54, 1.807) is 6.07 Å². The van der Waals surface area contributed by atoms with Gasteiger partial charge in [-0.1, -0.05) is 25.1 Å². The van der Waals surface area contributed by atoms with Crippen molar-refractivity contribution in [2.24, 2.45) is 5.41 Å². The summed E-state index contributed by atoms with van der Waals surface area (Å²) in [5.41, 5.74) is 7.42. The van der Waals surface area contributed by atoms with Gasteiger partial charge < -0.3 is 11.1 Å². The molecule has 4 heteroatoms. The lowest BCUT2D eigenvalue weighted by molar-refractivity contribution is 0.0948. The summed E-state index contributed by atoms with van der Waals surface area (Å²) in [7, 11) is 0. The zero-order valence-corrected chi connectivity index (χ0v) is 10.9. The number of fused-ring (bicyclic) bond motifs is 1. The minimum atomic E-state index is -0.0709. The Morgan fingerprint density at radius 1 is 1.42 bits per heavy atom. The van der Waals surface area contributed by atoms with E-state index in [4.69, 9.17) is 5.73 Å². The fraction of sp³-hybridized carbons (Fsp3) is 0.333. The molecule has 0 bridgehead atoms. The van der Waals surface area contributed by atoms with Crippen LogP contribution >= 0.6 is 0 Å². The maximum atomic E-state index is 12.3. The number of carbonyl (C=O) groups excluding carboxylic acids is 1. The lowest BCUT2D eigenvalue weighted by atomic mass is 10.1. The SMILES string of the molecule is CC1(CNC(=O)c2cc(N)nc3ccccc23)CC1. The van der Waals surface area contributed by atoms with Crippen LogP contribution in [-0.4, -0.2) is 17.4 Å². The van der Waals surface area contributed by atoms with E-state index in [-0.39, 0.29) is 5.91 Å².